The van der Waals surface area contributed by atoms with Crippen LogP contribution in [-0.2, 0) is 20.3 Å². The van der Waals surface area contributed by atoms with E-state index in [1.807, 2.05) is 0 Å². The van der Waals surface area contributed by atoms with Crippen LogP contribution in [0.4, 0.5) is 5.69 Å². The number of ether oxygens (including phenoxy) is 1. The zero-order valence-corrected chi connectivity index (χ0v) is 15.6. The summed E-state index contributed by atoms with van der Waals surface area (Å²) in [6, 6.07) is 3.12. The Balaban J connectivity index is 1.69. The van der Waals surface area contributed by atoms with Crippen molar-refractivity contribution >= 4 is 49.8 Å². The molecule has 8 nitrogen and oxygen atoms in total. The molecule has 26 heavy (non-hydrogen) atoms. The van der Waals surface area contributed by atoms with E-state index in [-0.39, 0.29) is 24.7 Å². The fraction of sp³-hybridized carbons (Fsp3) is 0.267. The first-order valence-electron chi connectivity index (χ1n) is 7.58. The van der Waals surface area contributed by atoms with Gasteiger partial charge in [-0.3, -0.25) is 9.40 Å². The molecule has 11 heteroatoms. The third-order valence-corrected chi connectivity index (χ3v) is 6.30. The number of aliphatic hydroxyl groups is 1. The highest BCUT2D eigenvalue weighted by atomic mass is 35.5. The first-order chi connectivity index (χ1) is 12.4. The van der Waals surface area contributed by atoms with Gasteiger partial charge < -0.3 is 14.8 Å². The van der Waals surface area contributed by atoms with Gasteiger partial charge >= 0.3 is 0 Å². The molecule has 0 aliphatic carbocycles. The highest BCUT2D eigenvalue weighted by molar-refractivity contribution is 7.92. The average molecular weight is 417 g/mol. The predicted molar refractivity (Wildman–Crippen MR) is 97.2 cm³/mol. The van der Waals surface area contributed by atoms with Crippen LogP contribution in [0.5, 0.6) is 0 Å². The summed E-state index contributed by atoms with van der Waals surface area (Å²) in [6.07, 6.45) is 4.14. The Kier molecular flexibility index (Phi) is 4.16. The van der Waals surface area contributed by atoms with Gasteiger partial charge in [-0.2, -0.15) is 5.10 Å². The molecule has 3 heterocycles. The first-order valence-corrected chi connectivity index (χ1v) is 9.82. The quantitative estimate of drug-likeness (QED) is 0.590. The maximum atomic E-state index is 12.7. The van der Waals surface area contributed by atoms with Crippen molar-refractivity contribution in [1.82, 2.24) is 14.8 Å². The fourth-order valence-corrected chi connectivity index (χ4v) is 4.36. The van der Waals surface area contributed by atoms with E-state index in [1.54, 1.807) is 12.1 Å². The summed E-state index contributed by atoms with van der Waals surface area (Å²) in [4.78, 5) is 2.88. The second-order valence-corrected chi connectivity index (χ2v) is 8.58. The van der Waals surface area contributed by atoms with Crippen LogP contribution in [0.3, 0.4) is 0 Å². The smallest absolute Gasteiger partial charge is 0.265 e. The van der Waals surface area contributed by atoms with E-state index in [1.165, 1.54) is 23.3 Å². The van der Waals surface area contributed by atoms with Crippen LogP contribution in [0.15, 0.2) is 35.6 Å². The molecule has 0 saturated carbocycles. The van der Waals surface area contributed by atoms with E-state index in [0.717, 1.165) is 0 Å². The summed E-state index contributed by atoms with van der Waals surface area (Å²) < 4.78 is 34.5. The number of aliphatic hydroxyl groups excluding tert-OH is 1. The van der Waals surface area contributed by atoms with Crippen LogP contribution in [0.25, 0.3) is 10.9 Å². The van der Waals surface area contributed by atoms with E-state index >= 15 is 0 Å². The normalized spacial score (nSPS) is 16.6. The van der Waals surface area contributed by atoms with Crippen molar-refractivity contribution in [3.05, 3.63) is 40.8 Å². The van der Waals surface area contributed by atoms with Gasteiger partial charge in [0.1, 0.15) is 10.4 Å². The number of benzene rings is 1. The van der Waals surface area contributed by atoms with Crippen LogP contribution < -0.4 is 4.72 Å². The largest absolute Gasteiger partial charge is 0.394 e. The van der Waals surface area contributed by atoms with E-state index in [4.69, 9.17) is 27.9 Å². The van der Waals surface area contributed by atoms with E-state index in [9.17, 15) is 13.5 Å². The van der Waals surface area contributed by atoms with Crippen molar-refractivity contribution in [3.8, 4) is 0 Å². The van der Waals surface area contributed by atoms with Gasteiger partial charge in [0.15, 0.2) is 0 Å². The van der Waals surface area contributed by atoms with Gasteiger partial charge in [0, 0.05) is 17.8 Å². The zero-order valence-electron chi connectivity index (χ0n) is 13.2. The lowest BCUT2D eigenvalue weighted by molar-refractivity contribution is -0.130. The van der Waals surface area contributed by atoms with Crippen molar-refractivity contribution in [3.63, 3.8) is 0 Å². The predicted octanol–water partition coefficient (Wildman–Crippen LogP) is 2.19. The fourth-order valence-electron chi connectivity index (χ4n) is 2.80. The maximum absolute atomic E-state index is 12.7. The van der Waals surface area contributed by atoms with Crippen molar-refractivity contribution < 1.29 is 18.3 Å². The second-order valence-electron chi connectivity index (χ2n) is 6.08. The molecule has 3 aromatic rings. The van der Waals surface area contributed by atoms with Gasteiger partial charge in [-0.1, -0.05) is 23.2 Å². The van der Waals surface area contributed by atoms with Crippen LogP contribution >= 0.6 is 23.2 Å². The molecule has 0 unspecified atom stereocenters. The Bertz CT molecular complexity index is 1080. The molecular weight excluding hydrogens is 403 g/mol. The standard InChI is InChI=1S/C15H14Cl2N4O4S/c16-10-1-2-12(14-13(10)11(17)4-18-14)20-26(23,24)9-3-19-21(5-9)15(6-22)7-25-8-15/h1-5,18,20,22H,6-8H2. The third kappa shape index (κ3) is 2.67. The minimum atomic E-state index is -3.90. The van der Waals surface area contributed by atoms with Crippen LogP contribution in [0.1, 0.15) is 0 Å². The minimum Gasteiger partial charge on any atom is -0.394 e. The van der Waals surface area contributed by atoms with Crippen molar-refractivity contribution in [2.75, 3.05) is 24.5 Å². The molecule has 4 rings (SSSR count). The lowest BCUT2D eigenvalue weighted by Gasteiger charge is -2.39. The van der Waals surface area contributed by atoms with E-state index < -0.39 is 15.6 Å². The topological polar surface area (TPSA) is 109 Å². The molecule has 138 valence electrons. The third-order valence-electron chi connectivity index (χ3n) is 4.37. The number of aromatic nitrogens is 3. The SMILES string of the molecule is O=S(=O)(Nc1ccc(Cl)c2c(Cl)c[nH]c12)c1cnn(C2(CO)COC2)c1. The lowest BCUT2D eigenvalue weighted by Crippen LogP contribution is -2.54. The van der Waals surface area contributed by atoms with Crippen molar-refractivity contribution in [1.29, 1.82) is 0 Å². The molecule has 1 aliphatic rings. The van der Waals surface area contributed by atoms with Crippen molar-refractivity contribution in [2.45, 2.75) is 10.4 Å². The Labute approximate surface area is 158 Å². The monoisotopic (exact) mass is 416 g/mol. The van der Waals surface area contributed by atoms with E-state index in [0.29, 0.717) is 26.6 Å². The summed E-state index contributed by atoms with van der Waals surface area (Å²) in [5, 5.41) is 15.0. The molecule has 1 saturated heterocycles. The Morgan fingerprint density at radius 3 is 2.77 bits per heavy atom. The highest BCUT2D eigenvalue weighted by Gasteiger charge is 2.41. The Morgan fingerprint density at radius 2 is 2.12 bits per heavy atom. The molecular formula is C15H14Cl2N4O4S. The molecule has 0 radical (unpaired) electrons. The van der Waals surface area contributed by atoms with E-state index in [2.05, 4.69) is 14.8 Å². The average Bonchev–Trinajstić information content (AvgIpc) is 3.18. The number of rotatable bonds is 5. The first kappa shape index (κ1) is 17.6. The molecule has 0 atom stereocenters. The van der Waals surface area contributed by atoms with Gasteiger partial charge in [-0.15, -0.1) is 0 Å². The summed E-state index contributed by atoms with van der Waals surface area (Å²) in [6.45, 7) is 0.355. The lowest BCUT2D eigenvalue weighted by atomic mass is 9.99. The molecule has 1 aliphatic heterocycles. The van der Waals surface area contributed by atoms with Crippen LogP contribution in [-0.4, -0.2) is 48.1 Å². The number of aromatic amines is 1. The number of hydrogen-bond acceptors (Lipinski definition) is 5. The highest BCUT2D eigenvalue weighted by Crippen LogP contribution is 2.35. The number of halogens is 2. The van der Waals surface area contributed by atoms with Crippen LogP contribution in [0.2, 0.25) is 10.0 Å². The van der Waals surface area contributed by atoms with Gasteiger partial charge in [-0.05, 0) is 12.1 Å². The number of nitrogens with zero attached hydrogens (tertiary/aromatic N) is 2. The molecule has 0 bridgehead atoms. The molecule has 1 fully saturated rings. The Hall–Kier alpha value is -1.78. The molecule has 1 aromatic carbocycles. The Morgan fingerprint density at radius 1 is 1.35 bits per heavy atom. The summed E-state index contributed by atoms with van der Waals surface area (Å²) >= 11 is 12.2. The van der Waals surface area contributed by atoms with Crippen molar-refractivity contribution in [2.24, 2.45) is 0 Å². The second kappa shape index (κ2) is 6.14. The minimum absolute atomic E-state index is 0.0296. The zero-order chi connectivity index (χ0) is 18.5. The maximum Gasteiger partial charge on any atom is 0.265 e. The van der Waals surface area contributed by atoms with Gasteiger partial charge in [0.25, 0.3) is 10.0 Å². The molecule has 2 aromatic heterocycles. The number of sulfonamides is 1. The summed E-state index contributed by atoms with van der Waals surface area (Å²) in [5.74, 6) is 0. The number of hydrogen-bond donors (Lipinski definition) is 3. The summed E-state index contributed by atoms with van der Waals surface area (Å²) in [7, 11) is -3.90. The number of nitrogens with one attached hydrogen (secondary N) is 2. The molecule has 0 spiro atoms. The van der Waals surface area contributed by atoms with Gasteiger partial charge in [0.2, 0.25) is 0 Å². The number of H-pyrrole nitrogens is 1. The van der Waals surface area contributed by atoms with Gasteiger partial charge in [0.05, 0.1) is 47.3 Å². The number of anilines is 1. The molecule has 0 amide bonds. The van der Waals surface area contributed by atoms with Gasteiger partial charge in [-0.25, -0.2) is 8.42 Å². The molecule has 3 N–H and O–H groups in total. The number of fused-ring (bicyclic) bond motifs is 1. The summed E-state index contributed by atoms with van der Waals surface area (Å²) in [5.41, 5.74) is 0.0828. The van der Waals surface area contributed by atoms with Crippen LogP contribution in [0, 0.1) is 0 Å².